The molecule has 5 atom stereocenters. The molecule has 0 aliphatic carbocycles. The summed E-state index contributed by atoms with van der Waals surface area (Å²) >= 11 is 0. The van der Waals surface area contributed by atoms with E-state index < -0.39 is 0 Å². The monoisotopic (exact) mass is 311 g/mol. The van der Waals surface area contributed by atoms with Gasteiger partial charge in [0.1, 0.15) is 5.75 Å². The summed E-state index contributed by atoms with van der Waals surface area (Å²) in [4.78, 5) is 6.99. The van der Waals surface area contributed by atoms with E-state index in [-0.39, 0.29) is 11.8 Å². The number of phenols is 1. The number of nitrogens with two attached hydrogens (primary N) is 1. The molecule has 3 saturated heterocycles. The summed E-state index contributed by atoms with van der Waals surface area (Å²) in [6.45, 7) is 4.67. The van der Waals surface area contributed by atoms with Crippen LogP contribution in [-0.2, 0) is 0 Å². The maximum absolute atomic E-state index is 9.84. The first-order valence-electron chi connectivity index (χ1n) is 8.74. The van der Waals surface area contributed by atoms with E-state index in [1.165, 1.54) is 32.4 Å². The van der Waals surface area contributed by atoms with Gasteiger partial charge in [0.15, 0.2) is 0 Å². The lowest BCUT2D eigenvalue weighted by Gasteiger charge is -2.51. The summed E-state index contributed by atoms with van der Waals surface area (Å²) in [5.41, 5.74) is 8.72. The number of piperidine rings is 3. The van der Waals surface area contributed by atoms with Crippen molar-refractivity contribution in [3.05, 3.63) is 36.0 Å². The van der Waals surface area contributed by atoms with E-state index in [9.17, 15) is 5.11 Å². The van der Waals surface area contributed by atoms with Crippen LogP contribution in [0.2, 0.25) is 0 Å². The zero-order valence-corrected chi connectivity index (χ0v) is 13.7. The molecule has 2 aromatic rings. The van der Waals surface area contributed by atoms with Gasteiger partial charge >= 0.3 is 0 Å². The molecule has 4 heterocycles. The van der Waals surface area contributed by atoms with Gasteiger partial charge in [-0.2, -0.15) is 0 Å². The molecule has 3 fully saturated rings. The Morgan fingerprint density at radius 2 is 2.26 bits per heavy atom. The summed E-state index contributed by atoms with van der Waals surface area (Å²) in [7, 11) is 0. The number of hydrogen-bond acceptors (Lipinski definition) is 4. The van der Waals surface area contributed by atoms with Crippen molar-refractivity contribution in [1.82, 2.24) is 9.88 Å². The highest BCUT2D eigenvalue weighted by Gasteiger charge is 2.41. The topological polar surface area (TPSA) is 62.4 Å². The smallest absolute Gasteiger partial charge is 0.116 e. The second-order valence-electron chi connectivity index (χ2n) is 7.14. The number of phenolic OH excluding ortho intramolecular Hbond substituents is 1. The van der Waals surface area contributed by atoms with Crippen molar-refractivity contribution in [2.45, 2.75) is 38.3 Å². The molecule has 3 aliphatic heterocycles. The number of benzene rings is 1. The number of aromatic hydroxyl groups is 1. The largest absolute Gasteiger partial charge is 0.508 e. The molecule has 0 radical (unpaired) electrons. The van der Waals surface area contributed by atoms with Crippen LogP contribution in [0, 0.1) is 11.8 Å². The Morgan fingerprint density at radius 1 is 1.39 bits per heavy atom. The van der Waals surface area contributed by atoms with Crippen LogP contribution in [0.25, 0.3) is 10.9 Å². The molecule has 5 rings (SSSR count). The van der Waals surface area contributed by atoms with Crippen molar-refractivity contribution in [2.75, 3.05) is 13.1 Å². The number of aromatic nitrogens is 1. The van der Waals surface area contributed by atoms with Gasteiger partial charge in [-0.25, -0.2) is 0 Å². The minimum atomic E-state index is -0.0251. The SMILES string of the molecule is CCC1C[N@@]2CCC1CC2[C@H](N)c1ccnc2ccc(O)cc12. The van der Waals surface area contributed by atoms with E-state index in [2.05, 4.69) is 16.8 Å². The van der Waals surface area contributed by atoms with Crippen molar-refractivity contribution in [1.29, 1.82) is 0 Å². The van der Waals surface area contributed by atoms with Gasteiger partial charge in [0.05, 0.1) is 5.52 Å². The number of nitrogens with zero attached hydrogens (tertiary/aromatic N) is 2. The minimum Gasteiger partial charge on any atom is -0.508 e. The molecule has 4 nitrogen and oxygen atoms in total. The van der Waals surface area contributed by atoms with Crippen LogP contribution in [-0.4, -0.2) is 34.1 Å². The number of pyridine rings is 1. The van der Waals surface area contributed by atoms with E-state index in [0.29, 0.717) is 6.04 Å². The summed E-state index contributed by atoms with van der Waals surface area (Å²) in [5.74, 6) is 1.93. The Morgan fingerprint density at radius 3 is 3.00 bits per heavy atom. The number of rotatable bonds is 3. The highest BCUT2D eigenvalue weighted by Crippen LogP contribution is 2.42. The van der Waals surface area contributed by atoms with Crippen LogP contribution < -0.4 is 5.73 Å². The molecule has 1 aromatic carbocycles. The Labute approximate surface area is 137 Å². The second-order valence-corrected chi connectivity index (χ2v) is 7.14. The molecular weight excluding hydrogens is 286 g/mol. The summed E-state index contributed by atoms with van der Waals surface area (Å²) in [6, 6.07) is 7.74. The van der Waals surface area contributed by atoms with Crippen molar-refractivity contribution in [2.24, 2.45) is 17.6 Å². The van der Waals surface area contributed by atoms with Crippen molar-refractivity contribution >= 4 is 10.9 Å². The maximum atomic E-state index is 9.84. The molecule has 3 unspecified atom stereocenters. The first kappa shape index (κ1) is 14.9. The molecule has 23 heavy (non-hydrogen) atoms. The zero-order chi connectivity index (χ0) is 16.0. The van der Waals surface area contributed by atoms with Gasteiger partial charge in [0.25, 0.3) is 0 Å². The van der Waals surface area contributed by atoms with E-state index in [1.54, 1.807) is 12.1 Å². The van der Waals surface area contributed by atoms with Crippen LogP contribution >= 0.6 is 0 Å². The summed E-state index contributed by atoms with van der Waals surface area (Å²) in [6.07, 6.45) is 5.62. The van der Waals surface area contributed by atoms with Gasteiger partial charge in [-0.1, -0.05) is 13.3 Å². The third-order valence-electron chi connectivity index (χ3n) is 5.99. The van der Waals surface area contributed by atoms with E-state index in [1.807, 2.05) is 18.3 Å². The van der Waals surface area contributed by atoms with Crippen LogP contribution in [0.5, 0.6) is 5.75 Å². The maximum Gasteiger partial charge on any atom is 0.116 e. The number of fused-ring (bicyclic) bond motifs is 4. The molecule has 122 valence electrons. The fourth-order valence-electron chi connectivity index (χ4n) is 4.67. The van der Waals surface area contributed by atoms with E-state index in [0.717, 1.165) is 28.3 Å². The van der Waals surface area contributed by atoms with Crippen molar-refractivity contribution in [3.8, 4) is 5.75 Å². The first-order chi connectivity index (χ1) is 11.2. The molecule has 3 N–H and O–H groups in total. The normalized spacial score (nSPS) is 31.4. The molecular formula is C19H25N3O. The fraction of sp³-hybridized carbons (Fsp3) is 0.526. The Balaban J connectivity index is 1.68. The average Bonchev–Trinajstić information content (AvgIpc) is 2.60. The van der Waals surface area contributed by atoms with Gasteiger partial charge < -0.3 is 10.8 Å². The van der Waals surface area contributed by atoms with Gasteiger partial charge in [-0.3, -0.25) is 9.88 Å². The fourth-order valence-corrected chi connectivity index (χ4v) is 4.67. The molecule has 0 spiro atoms. The Hall–Kier alpha value is -1.65. The molecule has 2 bridgehead atoms. The highest BCUT2D eigenvalue weighted by atomic mass is 16.3. The lowest BCUT2D eigenvalue weighted by atomic mass is 9.72. The molecule has 3 aliphatic rings. The standard InChI is InChI=1S/C19H25N3O/c1-2-12-11-22-8-6-13(12)9-18(22)19(20)15-5-7-21-17-4-3-14(23)10-16(15)17/h3-5,7,10,12-13,18-19,23H,2,6,8-9,11,20H2,1H3/t12?,13?,18?,19-/m1/s1. The van der Waals surface area contributed by atoms with Gasteiger partial charge in [0.2, 0.25) is 0 Å². The van der Waals surface area contributed by atoms with Crippen molar-refractivity contribution in [3.63, 3.8) is 0 Å². The number of hydrogen-bond donors (Lipinski definition) is 2. The molecule has 0 amide bonds. The predicted octanol–water partition coefficient (Wildman–Crippen LogP) is 3.06. The zero-order valence-electron chi connectivity index (χ0n) is 13.7. The third-order valence-corrected chi connectivity index (χ3v) is 5.99. The van der Waals surface area contributed by atoms with E-state index >= 15 is 0 Å². The van der Waals surface area contributed by atoms with E-state index in [4.69, 9.17) is 5.73 Å². The quantitative estimate of drug-likeness (QED) is 0.914. The lowest BCUT2D eigenvalue weighted by molar-refractivity contribution is -0.0105. The summed E-state index contributed by atoms with van der Waals surface area (Å²) in [5, 5.41) is 10.8. The van der Waals surface area contributed by atoms with Gasteiger partial charge in [-0.15, -0.1) is 0 Å². The third kappa shape index (κ3) is 2.50. The highest BCUT2D eigenvalue weighted by molar-refractivity contribution is 5.83. The molecule has 1 aromatic heterocycles. The molecule has 0 saturated carbocycles. The Bertz CT molecular complexity index is 717. The van der Waals surface area contributed by atoms with Crippen LogP contribution in [0.4, 0.5) is 0 Å². The van der Waals surface area contributed by atoms with Crippen LogP contribution in [0.15, 0.2) is 30.5 Å². The average molecular weight is 311 g/mol. The second kappa shape index (κ2) is 5.77. The lowest BCUT2D eigenvalue weighted by Crippen LogP contribution is -2.56. The van der Waals surface area contributed by atoms with Gasteiger partial charge in [0, 0.05) is 30.2 Å². The minimum absolute atomic E-state index is 0.0251. The predicted molar refractivity (Wildman–Crippen MR) is 92.2 cm³/mol. The molecule has 4 heteroatoms. The van der Waals surface area contributed by atoms with Crippen molar-refractivity contribution < 1.29 is 5.11 Å². The van der Waals surface area contributed by atoms with Gasteiger partial charge in [-0.05, 0) is 61.1 Å². The van der Waals surface area contributed by atoms with Crippen LogP contribution in [0.1, 0.15) is 37.8 Å². The Kier molecular flexibility index (Phi) is 3.74. The summed E-state index contributed by atoms with van der Waals surface area (Å²) < 4.78 is 0. The first-order valence-corrected chi connectivity index (χ1v) is 8.74. The van der Waals surface area contributed by atoms with Crippen LogP contribution in [0.3, 0.4) is 0 Å².